The Morgan fingerprint density at radius 1 is 1.03 bits per heavy atom. The Morgan fingerprint density at radius 3 is 2.50 bits per heavy atom. The summed E-state index contributed by atoms with van der Waals surface area (Å²) in [4.78, 5) is 28.9. The molecule has 3 atom stereocenters. The molecule has 1 saturated carbocycles. The summed E-state index contributed by atoms with van der Waals surface area (Å²) < 4.78 is 38.8. The van der Waals surface area contributed by atoms with Crippen LogP contribution in [0.4, 0.5) is 18.0 Å². The van der Waals surface area contributed by atoms with Gasteiger partial charge >= 0.3 is 18.1 Å². The number of urea groups is 1. The predicted octanol–water partition coefficient (Wildman–Crippen LogP) is 5.24. The van der Waals surface area contributed by atoms with Gasteiger partial charge in [0.25, 0.3) is 0 Å². The zero-order valence-corrected chi connectivity index (χ0v) is 17.0. The minimum Gasteiger partial charge on any atom is -0.292 e. The van der Waals surface area contributed by atoms with E-state index >= 15 is 0 Å². The molecule has 0 bridgehead atoms. The molecule has 1 aromatic rings. The van der Waals surface area contributed by atoms with Crippen molar-refractivity contribution in [2.75, 3.05) is 19.6 Å². The van der Waals surface area contributed by atoms with E-state index in [-0.39, 0.29) is 22.5 Å². The predicted molar refractivity (Wildman–Crippen MR) is 107 cm³/mol. The number of alkyl halides is 3. The Morgan fingerprint density at radius 2 is 1.77 bits per heavy atom. The lowest BCUT2D eigenvalue weighted by Crippen LogP contribution is -2.64. The first kappa shape index (κ1) is 21.1. The topological polar surface area (TPSA) is 37.4 Å². The number of nitrogens with zero attached hydrogens (tertiary/aromatic N) is 2. The van der Waals surface area contributed by atoms with Crippen molar-refractivity contribution in [3.8, 4) is 0 Å². The molecule has 7 heteroatoms. The van der Waals surface area contributed by atoms with Crippen molar-refractivity contribution in [1.82, 2.24) is 4.90 Å². The van der Waals surface area contributed by atoms with Gasteiger partial charge in [-0.05, 0) is 49.5 Å². The molecule has 0 aromatic heterocycles. The van der Waals surface area contributed by atoms with Crippen molar-refractivity contribution >= 4 is 18.0 Å². The minimum atomic E-state index is -4.43. The lowest BCUT2D eigenvalue weighted by atomic mass is 9.84. The summed E-state index contributed by atoms with van der Waals surface area (Å²) in [7, 11) is 0. The number of likely N-dealkylation sites (tertiary alicyclic amines) is 2. The Bertz CT molecular complexity index is 845. The third-order valence-corrected chi connectivity index (χ3v) is 7.03. The molecule has 4 nitrogen and oxygen atoms in total. The first-order valence-corrected chi connectivity index (χ1v) is 10.9. The molecule has 2 saturated heterocycles. The summed E-state index contributed by atoms with van der Waals surface area (Å²) >= 11 is 0. The fraction of sp³-hybridized carbons (Fsp3) is 0.565. The SMILES string of the molecule is O=C(C=Cc1cccc(C(F)(F)F)c1)[N+]1(C(=O)N2CCCC2)CC[C@@H]2CCCC[C@@H]21. The second kappa shape index (κ2) is 8.17. The van der Waals surface area contributed by atoms with Gasteiger partial charge in [0.05, 0.1) is 12.1 Å². The van der Waals surface area contributed by atoms with Gasteiger partial charge in [0.1, 0.15) is 6.04 Å². The van der Waals surface area contributed by atoms with Crippen LogP contribution >= 0.6 is 0 Å². The highest BCUT2D eigenvalue weighted by Crippen LogP contribution is 2.43. The largest absolute Gasteiger partial charge is 0.427 e. The van der Waals surface area contributed by atoms with Crippen LogP contribution in [0.3, 0.4) is 0 Å². The van der Waals surface area contributed by atoms with E-state index in [0.29, 0.717) is 31.1 Å². The van der Waals surface area contributed by atoms with E-state index in [4.69, 9.17) is 0 Å². The summed E-state index contributed by atoms with van der Waals surface area (Å²) in [5.74, 6) is 0.0786. The molecule has 2 heterocycles. The number of rotatable bonds is 2. The van der Waals surface area contributed by atoms with Gasteiger partial charge in [0, 0.05) is 37.9 Å². The minimum absolute atomic E-state index is 0.00879. The van der Waals surface area contributed by atoms with Crippen molar-refractivity contribution in [2.45, 2.75) is 57.2 Å². The van der Waals surface area contributed by atoms with Crippen molar-refractivity contribution < 1.29 is 27.2 Å². The van der Waals surface area contributed by atoms with Crippen LogP contribution in [0.2, 0.25) is 0 Å². The third-order valence-electron chi connectivity index (χ3n) is 7.03. The maximum absolute atomic E-state index is 13.6. The molecule has 1 aliphatic carbocycles. The number of carbonyl (C=O) groups excluding carboxylic acids is 2. The number of hydrogen-bond acceptors (Lipinski definition) is 2. The summed E-state index contributed by atoms with van der Waals surface area (Å²) in [6.45, 7) is 1.86. The fourth-order valence-electron chi connectivity index (χ4n) is 5.53. The highest BCUT2D eigenvalue weighted by molar-refractivity contribution is 5.94. The van der Waals surface area contributed by atoms with Gasteiger partial charge in [0.2, 0.25) is 0 Å². The van der Waals surface area contributed by atoms with Crippen molar-refractivity contribution in [3.63, 3.8) is 0 Å². The Hall–Kier alpha value is -2.15. The molecule has 162 valence electrons. The number of benzene rings is 1. The quantitative estimate of drug-likeness (QED) is 0.484. The van der Waals surface area contributed by atoms with Crippen LogP contribution in [0.1, 0.15) is 56.1 Å². The smallest absolute Gasteiger partial charge is 0.292 e. The van der Waals surface area contributed by atoms with Gasteiger partial charge in [-0.3, -0.25) is 4.90 Å². The maximum Gasteiger partial charge on any atom is 0.427 e. The average molecular weight is 421 g/mol. The lowest BCUT2D eigenvalue weighted by Gasteiger charge is -2.39. The first-order chi connectivity index (χ1) is 14.3. The lowest BCUT2D eigenvalue weighted by molar-refractivity contribution is -0.791. The Balaban J connectivity index is 1.63. The monoisotopic (exact) mass is 421 g/mol. The molecule has 0 radical (unpaired) electrons. The zero-order chi connectivity index (χ0) is 21.4. The van der Waals surface area contributed by atoms with Crippen LogP contribution in [0.25, 0.3) is 6.08 Å². The number of hydrogen-bond donors (Lipinski definition) is 0. The van der Waals surface area contributed by atoms with E-state index in [2.05, 4.69) is 0 Å². The fourth-order valence-corrected chi connectivity index (χ4v) is 5.53. The second-order valence-electron chi connectivity index (χ2n) is 8.76. The van der Waals surface area contributed by atoms with E-state index in [9.17, 15) is 22.8 Å². The van der Waals surface area contributed by atoms with Crippen LogP contribution in [0, 0.1) is 5.92 Å². The van der Waals surface area contributed by atoms with E-state index < -0.39 is 11.7 Å². The van der Waals surface area contributed by atoms with E-state index in [0.717, 1.165) is 57.1 Å². The highest BCUT2D eigenvalue weighted by Gasteiger charge is 2.59. The van der Waals surface area contributed by atoms with Gasteiger partial charge < -0.3 is 0 Å². The van der Waals surface area contributed by atoms with Gasteiger partial charge in [0.15, 0.2) is 0 Å². The summed E-state index contributed by atoms with van der Waals surface area (Å²) in [6, 6.07) is 4.80. The summed E-state index contributed by atoms with van der Waals surface area (Å²) in [5, 5.41) is 0. The molecule has 0 N–H and O–H groups in total. The number of carbonyl (C=O) groups is 2. The average Bonchev–Trinajstić information content (AvgIpc) is 3.40. The number of imide groups is 1. The van der Waals surface area contributed by atoms with Crippen molar-refractivity contribution in [2.24, 2.45) is 5.92 Å². The molecule has 2 aliphatic heterocycles. The molecule has 3 fully saturated rings. The van der Waals surface area contributed by atoms with Crippen LogP contribution in [0.5, 0.6) is 0 Å². The number of amides is 3. The van der Waals surface area contributed by atoms with Gasteiger partial charge in [-0.25, -0.2) is 9.59 Å². The molecular formula is C23H28F3N2O2+. The van der Waals surface area contributed by atoms with Gasteiger partial charge in [-0.1, -0.05) is 18.6 Å². The molecule has 3 aliphatic rings. The number of fused-ring (bicyclic) bond motifs is 1. The zero-order valence-electron chi connectivity index (χ0n) is 17.0. The Kier molecular flexibility index (Phi) is 5.75. The molecule has 4 rings (SSSR count). The third kappa shape index (κ3) is 3.80. The van der Waals surface area contributed by atoms with Crippen LogP contribution in [0.15, 0.2) is 30.3 Å². The normalized spacial score (nSPS) is 29.4. The van der Waals surface area contributed by atoms with E-state index in [1.165, 1.54) is 18.2 Å². The highest BCUT2D eigenvalue weighted by atomic mass is 19.4. The maximum atomic E-state index is 13.6. The molecule has 3 amide bonds. The Labute approximate surface area is 174 Å². The molecular weight excluding hydrogens is 393 g/mol. The number of quaternary nitrogens is 1. The van der Waals surface area contributed by atoms with Gasteiger partial charge in [-0.2, -0.15) is 17.7 Å². The molecule has 0 spiro atoms. The summed E-state index contributed by atoms with van der Waals surface area (Å²) in [6.07, 6.45) is 5.13. The van der Waals surface area contributed by atoms with Crippen LogP contribution < -0.4 is 0 Å². The molecule has 1 aromatic carbocycles. The second-order valence-corrected chi connectivity index (χ2v) is 8.76. The van der Waals surface area contributed by atoms with E-state index in [1.807, 2.05) is 4.90 Å². The molecule has 30 heavy (non-hydrogen) atoms. The van der Waals surface area contributed by atoms with Crippen LogP contribution in [-0.4, -0.2) is 47.0 Å². The summed E-state index contributed by atoms with van der Waals surface area (Å²) in [5.41, 5.74) is -0.438. The van der Waals surface area contributed by atoms with Crippen molar-refractivity contribution in [3.05, 3.63) is 41.5 Å². The molecule has 1 unspecified atom stereocenters. The standard InChI is InChI=1S/C23H28F3N2O2/c24-23(25,26)19-8-5-6-17(16-19)10-11-21(29)28(22(30)27-13-3-4-14-27)15-12-18-7-1-2-9-20(18)28/h5-6,8,10-11,16,18,20H,1-4,7,9,12-15H2/q+1/t18-,20-,28?/m0/s1. The number of halogens is 3. The van der Waals surface area contributed by atoms with E-state index in [1.54, 1.807) is 6.07 Å². The van der Waals surface area contributed by atoms with Crippen molar-refractivity contribution in [1.29, 1.82) is 0 Å². The van der Waals surface area contributed by atoms with Gasteiger partial charge in [-0.15, -0.1) is 0 Å². The first-order valence-electron chi connectivity index (χ1n) is 10.9. The van der Waals surface area contributed by atoms with Crippen LogP contribution in [-0.2, 0) is 11.0 Å².